The number of rotatable bonds is 5. The summed E-state index contributed by atoms with van der Waals surface area (Å²) in [6.07, 6.45) is 8.24. The van der Waals surface area contributed by atoms with Crippen LogP contribution >= 0.6 is 11.3 Å². The summed E-state index contributed by atoms with van der Waals surface area (Å²) in [4.78, 5) is 12.6. The van der Waals surface area contributed by atoms with Gasteiger partial charge in [0.05, 0.1) is 18.6 Å². The van der Waals surface area contributed by atoms with Crippen molar-refractivity contribution in [3.8, 4) is 0 Å². The predicted molar refractivity (Wildman–Crippen MR) is 99.4 cm³/mol. The van der Waals surface area contributed by atoms with Gasteiger partial charge in [-0.05, 0) is 51.0 Å². The second-order valence-corrected chi connectivity index (χ2v) is 8.69. The van der Waals surface area contributed by atoms with Gasteiger partial charge in [-0.3, -0.25) is 0 Å². The predicted octanol–water partition coefficient (Wildman–Crippen LogP) is 4.01. The Morgan fingerprint density at radius 3 is 2.76 bits per heavy atom. The van der Waals surface area contributed by atoms with E-state index in [0.29, 0.717) is 19.1 Å². The van der Waals surface area contributed by atoms with Crippen LogP contribution in [0.4, 0.5) is 5.82 Å². The standard InChI is InChI=1S/C19H25N3O2S/c1-19(23-10-11-24-19)8-9-20-17-15-13-4-2-3-5-14(13)25-18(15)22-16(21-17)12-6-7-12/h12H,2-11H2,1H3,(H,20,21,22). The molecular formula is C19H25N3O2S. The molecule has 0 amide bonds. The number of hydrogen-bond acceptors (Lipinski definition) is 6. The van der Waals surface area contributed by atoms with Crippen LogP contribution in [0.1, 0.15) is 61.2 Å². The highest BCUT2D eigenvalue weighted by molar-refractivity contribution is 7.19. The Morgan fingerprint density at radius 1 is 1.16 bits per heavy atom. The Balaban J connectivity index is 1.45. The molecule has 1 N–H and O–H groups in total. The molecule has 5 nitrogen and oxygen atoms in total. The van der Waals surface area contributed by atoms with Crippen LogP contribution in [0.15, 0.2) is 0 Å². The van der Waals surface area contributed by atoms with Gasteiger partial charge in [0.1, 0.15) is 16.5 Å². The number of aryl methyl sites for hydroxylation is 2. The fourth-order valence-corrected chi connectivity index (χ4v) is 5.20. The normalized spacial score (nSPS) is 22.3. The Bertz CT molecular complexity index is 794. The van der Waals surface area contributed by atoms with Gasteiger partial charge in [-0.2, -0.15) is 0 Å². The number of thiophene rings is 1. The van der Waals surface area contributed by atoms with Crippen LogP contribution < -0.4 is 5.32 Å². The van der Waals surface area contributed by atoms with Gasteiger partial charge in [-0.25, -0.2) is 9.97 Å². The van der Waals surface area contributed by atoms with E-state index in [0.717, 1.165) is 24.6 Å². The molecule has 0 atom stereocenters. The van der Waals surface area contributed by atoms with E-state index >= 15 is 0 Å². The van der Waals surface area contributed by atoms with Crippen LogP contribution in [0.5, 0.6) is 0 Å². The molecule has 0 spiro atoms. The maximum atomic E-state index is 5.72. The van der Waals surface area contributed by atoms with Gasteiger partial charge < -0.3 is 14.8 Å². The van der Waals surface area contributed by atoms with E-state index in [-0.39, 0.29) is 0 Å². The summed E-state index contributed by atoms with van der Waals surface area (Å²) in [5, 5.41) is 4.87. The first-order chi connectivity index (χ1) is 12.2. The molecule has 1 aliphatic heterocycles. The Kier molecular flexibility index (Phi) is 3.95. The molecule has 1 saturated carbocycles. The van der Waals surface area contributed by atoms with Crippen molar-refractivity contribution in [1.82, 2.24) is 9.97 Å². The number of fused-ring (bicyclic) bond motifs is 3. The number of anilines is 1. The minimum Gasteiger partial charge on any atom is -0.369 e. The van der Waals surface area contributed by atoms with Crippen LogP contribution in [0.3, 0.4) is 0 Å². The lowest BCUT2D eigenvalue weighted by molar-refractivity contribution is -0.144. The second kappa shape index (κ2) is 6.18. The molecule has 0 bridgehead atoms. The van der Waals surface area contributed by atoms with E-state index < -0.39 is 5.79 Å². The SMILES string of the molecule is CC1(CCNc2nc(C3CC3)nc3sc4c(c23)CCCC4)OCCO1. The second-order valence-electron chi connectivity index (χ2n) is 7.60. The van der Waals surface area contributed by atoms with Gasteiger partial charge >= 0.3 is 0 Å². The summed E-state index contributed by atoms with van der Waals surface area (Å²) in [6.45, 7) is 4.22. The molecule has 0 unspecified atom stereocenters. The first-order valence-corrected chi connectivity index (χ1v) is 10.4. The van der Waals surface area contributed by atoms with Gasteiger partial charge in [0.15, 0.2) is 5.79 Å². The Labute approximate surface area is 152 Å². The fraction of sp³-hybridized carbons (Fsp3) is 0.684. The van der Waals surface area contributed by atoms with Crippen molar-refractivity contribution < 1.29 is 9.47 Å². The number of aromatic nitrogens is 2. The lowest BCUT2D eigenvalue weighted by atomic mass is 9.97. The molecule has 2 aromatic heterocycles. The van der Waals surface area contributed by atoms with Crippen LogP contribution in [0.25, 0.3) is 10.2 Å². The third-order valence-electron chi connectivity index (χ3n) is 5.54. The van der Waals surface area contributed by atoms with Gasteiger partial charge in [0.2, 0.25) is 0 Å². The molecule has 6 heteroatoms. The number of ether oxygens (including phenoxy) is 2. The Hall–Kier alpha value is -1.24. The average molecular weight is 359 g/mol. The van der Waals surface area contributed by atoms with E-state index in [9.17, 15) is 0 Å². The quantitative estimate of drug-likeness (QED) is 0.874. The topological polar surface area (TPSA) is 56.3 Å². The zero-order valence-corrected chi connectivity index (χ0v) is 15.6. The fourth-order valence-electron chi connectivity index (χ4n) is 3.94. The molecule has 2 aliphatic carbocycles. The molecular weight excluding hydrogens is 334 g/mol. The highest BCUT2D eigenvalue weighted by atomic mass is 32.1. The zero-order valence-electron chi connectivity index (χ0n) is 14.8. The van der Waals surface area contributed by atoms with Crippen LogP contribution in [-0.4, -0.2) is 35.5 Å². The summed E-state index contributed by atoms with van der Waals surface area (Å²) < 4.78 is 11.4. The molecule has 0 aromatic carbocycles. The molecule has 1 saturated heterocycles. The monoisotopic (exact) mass is 359 g/mol. The largest absolute Gasteiger partial charge is 0.369 e. The van der Waals surface area contributed by atoms with E-state index in [2.05, 4.69) is 5.32 Å². The lowest BCUT2D eigenvalue weighted by Gasteiger charge is -2.22. The van der Waals surface area contributed by atoms with Crippen LogP contribution in [0.2, 0.25) is 0 Å². The first kappa shape index (κ1) is 16.0. The summed E-state index contributed by atoms with van der Waals surface area (Å²) in [5.74, 6) is 2.19. The third kappa shape index (κ3) is 3.04. The first-order valence-electron chi connectivity index (χ1n) is 9.56. The highest BCUT2D eigenvalue weighted by Gasteiger charge is 2.31. The third-order valence-corrected chi connectivity index (χ3v) is 6.73. The van der Waals surface area contributed by atoms with Gasteiger partial charge in [0, 0.05) is 23.8 Å². The van der Waals surface area contributed by atoms with Crippen molar-refractivity contribution in [1.29, 1.82) is 0 Å². The average Bonchev–Trinajstić information content (AvgIpc) is 3.27. The molecule has 2 fully saturated rings. The molecule has 0 radical (unpaired) electrons. The minimum atomic E-state index is -0.452. The van der Waals surface area contributed by atoms with Crippen molar-refractivity contribution >= 4 is 27.4 Å². The van der Waals surface area contributed by atoms with E-state index in [4.69, 9.17) is 19.4 Å². The van der Waals surface area contributed by atoms with E-state index in [1.165, 1.54) is 59.2 Å². The summed E-state index contributed by atoms with van der Waals surface area (Å²) in [5.41, 5.74) is 1.50. The van der Waals surface area contributed by atoms with Crippen molar-refractivity contribution in [3.63, 3.8) is 0 Å². The molecule has 5 rings (SSSR count). The zero-order chi connectivity index (χ0) is 16.9. The van der Waals surface area contributed by atoms with Gasteiger partial charge in [-0.1, -0.05) is 0 Å². The van der Waals surface area contributed by atoms with Crippen molar-refractivity contribution in [3.05, 3.63) is 16.3 Å². The summed E-state index contributed by atoms with van der Waals surface area (Å²) in [7, 11) is 0. The molecule has 3 heterocycles. The number of nitrogens with one attached hydrogen (secondary N) is 1. The van der Waals surface area contributed by atoms with E-state index in [1.807, 2.05) is 18.3 Å². The minimum absolute atomic E-state index is 0.452. The number of hydrogen-bond donors (Lipinski definition) is 1. The van der Waals surface area contributed by atoms with Crippen molar-refractivity contribution in [2.45, 2.75) is 63.6 Å². The summed E-state index contributed by atoms with van der Waals surface area (Å²) in [6, 6.07) is 0. The van der Waals surface area contributed by atoms with Crippen LogP contribution in [0, 0.1) is 0 Å². The van der Waals surface area contributed by atoms with Crippen LogP contribution in [-0.2, 0) is 22.3 Å². The summed E-state index contributed by atoms with van der Waals surface area (Å²) >= 11 is 1.89. The van der Waals surface area contributed by atoms with Crippen molar-refractivity contribution in [2.75, 3.05) is 25.1 Å². The molecule has 2 aromatic rings. The van der Waals surface area contributed by atoms with E-state index in [1.54, 1.807) is 0 Å². The number of nitrogens with zero attached hydrogens (tertiary/aromatic N) is 2. The van der Waals surface area contributed by atoms with Gasteiger partial charge in [-0.15, -0.1) is 11.3 Å². The Morgan fingerprint density at radius 2 is 1.96 bits per heavy atom. The molecule has 25 heavy (non-hydrogen) atoms. The molecule has 134 valence electrons. The smallest absolute Gasteiger partial charge is 0.167 e. The lowest BCUT2D eigenvalue weighted by Crippen LogP contribution is -2.28. The van der Waals surface area contributed by atoms with Gasteiger partial charge in [0.25, 0.3) is 0 Å². The maximum absolute atomic E-state index is 5.72. The maximum Gasteiger partial charge on any atom is 0.167 e. The molecule has 3 aliphatic rings. The van der Waals surface area contributed by atoms with Crippen molar-refractivity contribution in [2.24, 2.45) is 0 Å². The highest BCUT2D eigenvalue weighted by Crippen LogP contribution is 2.43.